The van der Waals surface area contributed by atoms with Gasteiger partial charge in [0, 0.05) is 11.3 Å². The van der Waals surface area contributed by atoms with Crippen LogP contribution in [0.25, 0.3) is 5.69 Å². The van der Waals surface area contributed by atoms with Gasteiger partial charge in [-0.15, -0.1) is 5.10 Å². The molecule has 0 aliphatic carbocycles. The number of rotatable bonds is 4. The van der Waals surface area contributed by atoms with Crippen LogP contribution in [0.3, 0.4) is 0 Å². The number of aromatic nitrogens is 3. The molecule has 0 spiro atoms. The van der Waals surface area contributed by atoms with Crippen molar-refractivity contribution < 1.29 is 4.79 Å². The van der Waals surface area contributed by atoms with Gasteiger partial charge in [0.25, 0.3) is 5.91 Å². The molecule has 0 aliphatic rings. The number of benzene rings is 2. The predicted octanol–water partition coefficient (Wildman–Crippen LogP) is 3.95. The highest BCUT2D eigenvalue weighted by Gasteiger charge is 2.11. The minimum atomic E-state index is -0.126. The fourth-order valence-electron chi connectivity index (χ4n) is 2.54. The Bertz CT molecular complexity index is 867. The molecule has 3 rings (SSSR count). The van der Waals surface area contributed by atoms with Crippen LogP contribution < -0.4 is 5.32 Å². The number of nitrogens with one attached hydrogen (secondary N) is 1. The molecule has 1 aromatic heterocycles. The summed E-state index contributed by atoms with van der Waals surface area (Å²) in [5, 5.41) is 11.1. The number of nitrogens with zero attached hydrogens (tertiary/aromatic N) is 3. The van der Waals surface area contributed by atoms with Crippen LogP contribution in [0.1, 0.15) is 41.4 Å². The van der Waals surface area contributed by atoms with E-state index >= 15 is 0 Å². The monoisotopic (exact) mass is 320 g/mol. The first-order valence-corrected chi connectivity index (χ1v) is 7.93. The summed E-state index contributed by atoms with van der Waals surface area (Å²) in [6.45, 7) is 6.16. The molecule has 0 atom stereocenters. The number of carbonyl (C=O) groups is 1. The van der Waals surface area contributed by atoms with Crippen molar-refractivity contribution in [2.24, 2.45) is 0 Å². The van der Waals surface area contributed by atoms with Crippen LogP contribution in [0.4, 0.5) is 5.69 Å². The highest BCUT2D eigenvalue weighted by Crippen LogP contribution is 2.20. The van der Waals surface area contributed by atoms with Crippen LogP contribution in [0.15, 0.2) is 54.7 Å². The molecule has 0 saturated carbocycles. The molecule has 5 nitrogen and oxygen atoms in total. The average molecular weight is 320 g/mol. The van der Waals surface area contributed by atoms with Gasteiger partial charge in [-0.25, -0.2) is 4.68 Å². The Kier molecular flexibility index (Phi) is 4.42. The number of hydrogen-bond donors (Lipinski definition) is 1. The second-order valence-corrected chi connectivity index (χ2v) is 6.10. The lowest BCUT2D eigenvalue weighted by Gasteiger charge is -2.11. The summed E-state index contributed by atoms with van der Waals surface area (Å²) < 4.78 is 1.80. The molecule has 0 unspecified atom stereocenters. The summed E-state index contributed by atoms with van der Waals surface area (Å²) in [5.41, 5.74) is 4.32. The molecule has 24 heavy (non-hydrogen) atoms. The van der Waals surface area contributed by atoms with E-state index in [1.807, 2.05) is 49.4 Å². The van der Waals surface area contributed by atoms with E-state index in [9.17, 15) is 4.79 Å². The smallest absolute Gasteiger partial charge is 0.255 e. The van der Waals surface area contributed by atoms with Crippen molar-refractivity contribution in [3.8, 4) is 5.69 Å². The Hall–Kier alpha value is -2.95. The molecule has 2 aromatic carbocycles. The third kappa shape index (κ3) is 3.35. The lowest BCUT2D eigenvalue weighted by Crippen LogP contribution is -2.12. The topological polar surface area (TPSA) is 59.8 Å². The summed E-state index contributed by atoms with van der Waals surface area (Å²) in [6.07, 6.45) is 1.77. The van der Waals surface area contributed by atoms with Gasteiger partial charge in [-0.05, 0) is 43.2 Å². The van der Waals surface area contributed by atoms with Crippen molar-refractivity contribution in [3.63, 3.8) is 0 Å². The van der Waals surface area contributed by atoms with Gasteiger partial charge in [0.1, 0.15) is 0 Å². The number of anilines is 1. The van der Waals surface area contributed by atoms with E-state index in [2.05, 4.69) is 29.5 Å². The fraction of sp³-hybridized carbons (Fsp3) is 0.211. The summed E-state index contributed by atoms with van der Waals surface area (Å²) in [6, 6.07) is 15.1. The Labute approximate surface area is 141 Å². The zero-order valence-electron chi connectivity index (χ0n) is 14.0. The van der Waals surface area contributed by atoms with Crippen molar-refractivity contribution >= 4 is 11.6 Å². The molecular weight excluding hydrogens is 300 g/mol. The summed E-state index contributed by atoms with van der Waals surface area (Å²) >= 11 is 0. The highest BCUT2D eigenvalue weighted by molar-refractivity contribution is 6.04. The van der Waals surface area contributed by atoms with Crippen molar-refractivity contribution in [2.75, 3.05) is 5.32 Å². The van der Waals surface area contributed by atoms with Gasteiger partial charge in [-0.1, -0.05) is 42.8 Å². The Balaban J connectivity index is 1.86. The van der Waals surface area contributed by atoms with Gasteiger partial charge >= 0.3 is 0 Å². The minimum Gasteiger partial charge on any atom is -0.322 e. The Morgan fingerprint density at radius 1 is 1.12 bits per heavy atom. The first-order valence-electron chi connectivity index (χ1n) is 7.93. The predicted molar refractivity (Wildman–Crippen MR) is 94.6 cm³/mol. The van der Waals surface area contributed by atoms with Gasteiger partial charge in [-0.2, -0.15) is 0 Å². The number of amides is 1. The first-order chi connectivity index (χ1) is 11.5. The van der Waals surface area contributed by atoms with Crippen molar-refractivity contribution in [2.45, 2.75) is 26.7 Å². The SMILES string of the molecule is Cc1cccc(C(=O)Nc2cccc(-n3nncc3C(C)C)c2)c1. The van der Waals surface area contributed by atoms with Crippen molar-refractivity contribution in [3.05, 3.63) is 71.5 Å². The fourth-order valence-corrected chi connectivity index (χ4v) is 2.54. The van der Waals surface area contributed by atoms with E-state index in [0.29, 0.717) is 11.5 Å². The maximum absolute atomic E-state index is 12.4. The van der Waals surface area contributed by atoms with E-state index in [-0.39, 0.29) is 5.91 Å². The molecule has 3 aromatic rings. The molecule has 1 amide bonds. The maximum Gasteiger partial charge on any atom is 0.255 e. The van der Waals surface area contributed by atoms with Gasteiger partial charge in [0.15, 0.2) is 0 Å². The zero-order valence-corrected chi connectivity index (χ0v) is 14.0. The van der Waals surface area contributed by atoms with E-state index < -0.39 is 0 Å². The summed E-state index contributed by atoms with van der Waals surface area (Å²) in [5.74, 6) is 0.184. The van der Waals surface area contributed by atoms with Crippen LogP contribution in [0.5, 0.6) is 0 Å². The molecule has 1 heterocycles. The van der Waals surface area contributed by atoms with Crippen molar-refractivity contribution in [1.82, 2.24) is 15.0 Å². The maximum atomic E-state index is 12.4. The molecular formula is C19H20N4O. The molecule has 0 saturated heterocycles. The molecule has 0 fully saturated rings. The Morgan fingerprint density at radius 2 is 1.92 bits per heavy atom. The second-order valence-electron chi connectivity index (χ2n) is 6.10. The third-order valence-corrected chi connectivity index (χ3v) is 3.80. The van der Waals surface area contributed by atoms with Gasteiger partial charge < -0.3 is 5.32 Å². The zero-order chi connectivity index (χ0) is 17.1. The van der Waals surface area contributed by atoms with Crippen LogP contribution in [-0.4, -0.2) is 20.9 Å². The van der Waals surface area contributed by atoms with E-state index in [1.54, 1.807) is 16.9 Å². The second kappa shape index (κ2) is 6.66. The largest absolute Gasteiger partial charge is 0.322 e. The molecule has 0 bridgehead atoms. The normalized spacial score (nSPS) is 10.8. The van der Waals surface area contributed by atoms with Gasteiger partial charge in [0.05, 0.1) is 17.6 Å². The number of aryl methyl sites for hydroxylation is 1. The summed E-state index contributed by atoms with van der Waals surface area (Å²) in [4.78, 5) is 12.4. The van der Waals surface area contributed by atoms with Crippen LogP contribution in [0, 0.1) is 6.92 Å². The highest BCUT2D eigenvalue weighted by atomic mass is 16.1. The van der Waals surface area contributed by atoms with E-state index in [1.165, 1.54) is 0 Å². The van der Waals surface area contributed by atoms with Crippen LogP contribution in [0.2, 0.25) is 0 Å². The molecule has 5 heteroatoms. The molecule has 122 valence electrons. The van der Waals surface area contributed by atoms with Gasteiger partial charge in [0.2, 0.25) is 0 Å². The number of carbonyl (C=O) groups excluding carboxylic acids is 1. The van der Waals surface area contributed by atoms with Crippen LogP contribution >= 0.6 is 0 Å². The summed E-state index contributed by atoms with van der Waals surface area (Å²) in [7, 11) is 0. The van der Waals surface area contributed by atoms with Crippen LogP contribution in [-0.2, 0) is 0 Å². The average Bonchev–Trinajstić information content (AvgIpc) is 3.05. The Morgan fingerprint density at radius 3 is 2.67 bits per heavy atom. The molecule has 0 radical (unpaired) electrons. The van der Waals surface area contributed by atoms with E-state index in [0.717, 1.165) is 22.6 Å². The standard InChI is InChI=1S/C19H20N4O/c1-13(2)18-12-20-22-23(18)17-9-5-8-16(11-17)21-19(24)15-7-4-6-14(3)10-15/h4-13H,1-3H3,(H,21,24). The van der Waals surface area contributed by atoms with E-state index in [4.69, 9.17) is 0 Å². The lowest BCUT2D eigenvalue weighted by molar-refractivity contribution is 0.102. The minimum absolute atomic E-state index is 0.126. The molecule has 1 N–H and O–H groups in total. The molecule has 0 aliphatic heterocycles. The number of hydrogen-bond acceptors (Lipinski definition) is 3. The van der Waals surface area contributed by atoms with Gasteiger partial charge in [-0.3, -0.25) is 4.79 Å². The quantitative estimate of drug-likeness (QED) is 0.792. The first kappa shape index (κ1) is 15.9. The van der Waals surface area contributed by atoms with Crippen molar-refractivity contribution in [1.29, 1.82) is 0 Å². The third-order valence-electron chi connectivity index (χ3n) is 3.80. The lowest BCUT2D eigenvalue weighted by atomic mass is 10.1.